The summed E-state index contributed by atoms with van der Waals surface area (Å²) in [5.74, 6) is 0.254. The van der Waals surface area contributed by atoms with Gasteiger partial charge in [-0.2, -0.15) is 0 Å². The Morgan fingerprint density at radius 2 is 1.78 bits per heavy atom. The van der Waals surface area contributed by atoms with Crippen LogP contribution < -0.4 is 14.8 Å². The number of methoxy groups -OCH3 is 2. The summed E-state index contributed by atoms with van der Waals surface area (Å²) in [6.07, 6.45) is -0.904. The number of carbonyl (C=O) groups is 1. The van der Waals surface area contributed by atoms with Crippen molar-refractivity contribution in [2.75, 3.05) is 20.8 Å². The van der Waals surface area contributed by atoms with Crippen LogP contribution in [0.5, 0.6) is 11.5 Å². The van der Waals surface area contributed by atoms with Gasteiger partial charge in [0.1, 0.15) is 5.82 Å². The van der Waals surface area contributed by atoms with Crippen molar-refractivity contribution in [1.29, 1.82) is 0 Å². The topological polar surface area (TPSA) is 67.8 Å². The first-order valence-electron chi connectivity index (χ1n) is 6.99. The van der Waals surface area contributed by atoms with E-state index in [4.69, 9.17) is 9.47 Å². The molecule has 0 saturated heterocycles. The first-order chi connectivity index (χ1) is 11.0. The highest BCUT2D eigenvalue weighted by Crippen LogP contribution is 2.29. The minimum atomic E-state index is -0.904. The molecule has 1 atom stereocenters. The number of hydrogen-bond acceptors (Lipinski definition) is 4. The summed E-state index contributed by atoms with van der Waals surface area (Å²) in [5.41, 5.74) is 0.910. The van der Waals surface area contributed by atoms with Crippen molar-refractivity contribution in [2.45, 2.75) is 6.10 Å². The van der Waals surface area contributed by atoms with E-state index >= 15 is 0 Å². The number of ether oxygens (including phenoxy) is 2. The van der Waals surface area contributed by atoms with E-state index in [2.05, 4.69) is 5.32 Å². The molecule has 0 bridgehead atoms. The molecule has 0 saturated carbocycles. The highest BCUT2D eigenvalue weighted by molar-refractivity contribution is 5.94. The highest BCUT2D eigenvalue weighted by Gasteiger charge is 2.13. The summed E-state index contributed by atoms with van der Waals surface area (Å²) in [6, 6.07) is 10.2. The van der Waals surface area contributed by atoms with Gasteiger partial charge in [0, 0.05) is 12.1 Å². The van der Waals surface area contributed by atoms with Crippen molar-refractivity contribution in [3.63, 3.8) is 0 Å². The molecule has 0 aromatic heterocycles. The number of hydrogen-bond donors (Lipinski definition) is 2. The van der Waals surface area contributed by atoms with Crippen LogP contribution in [0.3, 0.4) is 0 Å². The van der Waals surface area contributed by atoms with Gasteiger partial charge in [-0.15, -0.1) is 0 Å². The van der Waals surface area contributed by atoms with Crippen LogP contribution in [-0.2, 0) is 0 Å². The van der Waals surface area contributed by atoms with Crippen LogP contribution in [0.1, 0.15) is 22.0 Å². The standard InChI is InChI=1S/C17H18FNO4/c1-22-15-8-5-12(9-16(15)23-2)14(20)10-19-17(21)11-3-6-13(18)7-4-11/h3-9,14,20H,10H2,1-2H3,(H,19,21). The molecule has 1 amide bonds. The van der Waals surface area contributed by atoms with Crippen molar-refractivity contribution in [2.24, 2.45) is 0 Å². The fourth-order valence-electron chi connectivity index (χ4n) is 2.07. The molecule has 1 unspecified atom stereocenters. The first kappa shape index (κ1) is 16.8. The predicted octanol–water partition coefficient (Wildman–Crippen LogP) is 2.31. The second-order valence-electron chi connectivity index (χ2n) is 4.85. The number of aliphatic hydroxyl groups is 1. The molecule has 0 fully saturated rings. The van der Waals surface area contributed by atoms with Gasteiger partial charge < -0.3 is 19.9 Å². The quantitative estimate of drug-likeness (QED) is 0.857. The van der Waals surface area contributed by atoms with Crippen LogP contribution in [0.2, 0.25) is 0 Å². The molecule has 5 nitrogen and oxygen atoms in total. The van der Waals surface area contributed by atoms with Gasteiger partial charge in [-0.05, 0) is 42.0 Å². The number of rotatable bonds is 6. The lowest BCUT2D eigenvalue weighted by molar-refractivity contribution is 0.0916. The van der Waals surface area contributed by atoms with E-state index in [0.717, 1.165) is 0 Å². The van der Waals surface area contributed by atoms with Gasteiger partial charge in [0.25, 0.3) is 5.91 Å². The van der Waals surface area contributed by atoms with Gasteiger partial charge in [-0.25, -0.2) is 4.39 Å². The molecule has 6 heteroatoms. The van der Waals surface area contributed by atoms with Crippen LogP contribution in [-0.4, -0.2) is 31.8 Å². The molecular weight excluding hydrogens is 301 g/mol. The molecule has 2 rings (SSSR count). The van der Waals surface area contributed by atoms with E-state index in [9.17, 15) is 14.3 Å². The van der Waals surface area contributed by atoms with E-state index in [1.807, 2.05) is 0 Å². The maximum Gasteiger partial charge on any atom is 0.251 e. The Balaban J connectivity index is 2.00. The lowest BCUT2D eigenvalue weighted by Crippen LogP contribution is -2.28. The zero-order valence-corrected chi connectivity index (χ0v) is 12.9. The third-order valence-electron chi connectivity index (χ3n) is 3.35. The Bertz CT molecular complexity index is 673. The van der Waals surface area contributed by atoms with E-state index in [1.54, 1.807) is 18.2 Å². The maximum absolute atomic E-state index is 12.8. The molecular formula is C17H18FNO4. The largest absolute Gasteiger partial charge is 0.493 e. The van der Waals surface area contributed by atoms with Gasteiger partial charge >= 0.3 is 0 Å². The van der Waals surface area contributed by atoms with E-state index < -0.39 is 11.9 Å². The average molecular weight is 319 g/mol. The molecule has 2 N–H and O–H groups in total. The summed E-state index contributed by atoms with van der Waals surface area (Å²) in [7, 11) is 3.03. The van der Waals surface area contributed by atoms with Crippen molar-refractivity contribution in [3.05, 3.63) is 59.4 Å². The molecule has 2 aromatic carbocycles. The summed E-state index contributed by atoms with van der Waals surface area (Å²) < 4.78 is 23.1. The zero-order valence-electron chi connectivity index (χ0n) is 12.9. The Hall–Kier alpha value is -2.60. The van der Waals surface area contributed by atoms with Gasteiger partial charge in [0.15, 0.2) is 11.5 Å². The van der Waals surface area contributed by atoms with Gasteiger partial charge in [-0.3, -0.25) is 4.79 Å². The normalized spacial score (nSPS) is 11.7. The van der Waals surface area contributed by atoms with Crippen molar-refractivity contribution in [1.82, 2.24) is 5.32 Å². The number of benzene rings is 2. The summed E-state index contributed by atoms with van der Waals surface area (Å²) in [6.45, 7) is 0.0195. The first-order valence-corrected chi connectivity index (χ1v) is 6.99. The molecule has 0 heterocycles. The van der Waals surface area contributed by atoms with E-state index in [-0.39, 0.29) is 12.5 Å². The van der Waals surface area contributed by atoms with Gasteiger partial charge in [0.05, 0.1) is 20.3 Å². The number of carbonyl (C=O) groups excluding carboxylic acids is 1. The number of nitrogens with one attached hydrogen (secondary N) is 1. The second kappa shape index (κ2) is 7.60. The lowest BCUT2D eigenvalue weighted by atomic mass is 10.1. The molecule has 0 spiro atoms. The second-order valence-corrected chi connectivity index (χ2v) is 4.85. The highest BCUT2D eigenvalue weighted by atomic mass is 19.1. The number of aliphatic hydroxyl groups excluding tert-OH is 1. The van der Waals surface area contributed by atoms with Gasteiger partial charge in [-0.1, -0.05) is 6.07 Å². The monoisotopic (exact) mass is 319 g/mol. The van der Waals surface area contributed by atoms with Crippen molar-refractivity contribution >= 4 is 5.91 Å². The minimum absolute atomic E-state index is 0.0195. The van der Waals surface area contributed by atoms with Crippen molar-refractivity contribution < 1.29 is 23.8 Å². The van der Waals surface area contributed by atoms with Crippen LogP contribution >= 0.6 is 0 Å². The lowest BCUT2D eigenvalue weighted by Gasteiger charge is -2.15. The van der Waals surface area contributed by atoms with Crippen LogP contribution in [0.15, 0.2) is 42.5 Å². The molecule has 0 aliphatic carbocycles. The number of amides is 1. The maximum atomic E-state index is 12.8. The molecule has 0 aliphatic rings. The number of halogens is 1. The Kier molecular flexibility index (Phi) is 5.54. The molecule has 0 aliphatic heterocycles. The fourth-order valence-corrected chi connectivity index (χ4v) is 2.07. The summed E-state index contributed by atoms with van der Waals surface area (Å²) in [4.78, 5) is 11.9. The molecule has 2 aromatic rings. The van der Waals surface area contributed by atoms with E-state index in [1.165, 1.54) is 38.5 Å². The third-order valence-corrected chi connectivity index (χ3v) is 3.35. The summed E-state index contributed by atoms with van der Waals surface area (Å²) >= 11 is 0. The Morgan fingerprint density at radius 3 is 2.39 bits per heavy atom. The molecule has 0 radical (unpaired) electrons. The fraction of sp³-hybridized carbons (Fsp3) is 0.235. The zero-order chi connectivity index (χ0) is 16.8. The van der Waals surface area contributed by atoms with Crippen LogP contribution in [0.25, 0.3) is 0 Å². The SMILES string of the molecule is COc1ccc(C(O)CNC(=O)c2ccc(F)cc2)cc1OC. The van der Waals surface area contributed by atoms with E-state index in [0.29, 0.717) is 22.6 Å². The van der Waals surface area contributed by atoms with Crippen LogP contribution in [0.4, 0.5) is 4.39 Å². The smallest absolute Gasteiger partial charge is 0.251 e. The van der Waals surface area contributed by atoms with Gasteiger partial charge in [0.2, 0.25) is 0 Å². The van der Waals surface area contributed by atoms with Crippen LogP contribution in [0, 0.1) is 5.82 Å². The average Bonchev–Trinajstić information content (AvgIpc) is 2.59. The third kappa shape index (κ3) is 4.20. The molecule has 23 heavy (non-hydrogen) atoms. The predicted molar refractivity (Wildman–Crippen MR) is 83.2 cm³/mol. The Labute approximate surface area is 133 Å². The minimum Gasteiger partial charge on any atom is -0.493 e. The Morgan fingerprint density at radius 1 is 1.13 bits per heavy atom. The summed E-state index contributed by atoms with van der Waals surface area (Å²) in [5, 5.41) is 12.8. The van der Waals surface area contributed by atoms with Crippen molar-refractivity contribution in [3.8, 4) is 11.5 Å². The molecule has 122 valence electrons.